The second-order valence-corrected chi connectivity index (χ2v) is 6.65. The van der Waals surface area contributed by atoms with Gasteiger partial charge in [0.05, 0.1) is 3.79 Å². The molecule has 0 aliphatic carbocycles. The van der Waals surface area contributed by atoms with Gasteiger partial charge in [0, 0.05) is 15.4 Å². The average Bonchev–Trinajstić information content (AvgIpc) is 2.73. The van der Waals surface area contributed by atoms with Gasteiger partial charge < -0.3 is 5.11 Å². The Hall–Kier alpha value is 0.320. The summed E-state index contributed by atoms with van der Waals surface area (Å²) in [5.74, 6) is 0. The fourth-order valence-corrected chi connectivity index (χ4v) is 3.86. The van der Waals surface area contributed by atoms with Crippen LogP contribution < -0.4 is 0 Å². The van der Waals surface area contributed by atoms with Crippen molar-refractivity contribution in [2.24, 2.45) is 0 Å². The highest BCUT2D eigenvalue weighted by Gasteiger charge is 2.15. The van der Waals surface area contributed by atoms with E-state index < -0.39 is 6.10 Å². The first kappa shape index (κ1) is 10.8. The number of halogens is 2. The van der Waals surface area contributed by atoms with E-state index in [2.05, 4.69) is 31.9 Å². The number of aliphatic hydroxyl groups is 1. The van der Waals surface area contributed by atoms with Gasteiger partial charge in [-0.15, -0.1) is 11.3 Å². The zero-order chi connectivity index (χ0) is 10.1. The van der Waals surface area contributed by atoms with Gasteiger partial charge in [0.2, 0.25) is 0 Å². The fraction of sp³-hybridized carbons (Fsp3) is 0.111. The highest BCUT2D eigenvalue weighted by molar-refractivity contribution is 9.11. The van der Waals surface area contributed by atoms with E-state index in [1.165, 1.54) is 0 Å². The molecule has 2 heterocycles. The van der Waals surface area contributed by atoms with E-state index in [-0.39, 0.29) is 0 Å². The molecular weight excluding hydrogens is 348 g/mol. The Balaban J connectivity index is 2.33. The molecule has 5 heteroatoms. The smallest absolute Gasteiger partial charge is 0.107 e. The van der Waals surface area contributed by atoms with Crippen LogP contribution >= 0.6 is 54.5 Å². The summed E-state index contributed by atoms with van der Waals surface area (Å²) in [5, 5.41) is 15.9. The molecule has 74 valence electrons. The molecule has 0 aliphatic rings. The molecule has 1 atom stereocenters. The van der Waals surface area contributed by atoms with Crippen molar-refractivity contribution >= 4 is 54.5 Å². The zero-order valence-electron chi connectivity index (χ0n) is 6.91. The molecule has 1 N–H and O–H groups in total. The van der Waals surface area contributed by atoms with Crippen molar-refractivity contribution in [1.82, 2.24) is 0 Å². The van der Waals surface area contributed by atoms with Gasteiger partial charge in [-0.05, 0) is 54.2 Å². The molecule has 0 bridgehead atoms. The number of hydrogen-bond donors (Lipinski definition) is 1. The monoisotopic (exact) mass is 352 g/mol. The molecule has 1 unspecified atom stereocenters. The second kappa shape index (κ2) is 4.45. The standard InChI is InChI=1S/C9H6Br2OS2/c10-7-4-13-3-6(7)9(12)5-1-8(11)14-2-5/h1-4,9,12H. The van der Waals surface area contributed by atoms with Crippen LogP contribution in [0.1, 0.15) is 17.2 Å². The third kappa shape index (κ3) is 2.12. The Morgan fingerprint density at radius 1 is 1.21 bits per heavy atom. The largest absolute Gasteiger partial charge is 0.384 e. The second-order valence-electron chi connectivity index (χ2n) is 2.76. The van der Waals surface area contributed by atoms with Crippen molar-refractivity contribution in [2.75, 3.05) is 0 Å². The van der Waals surface area contributed by atoms with Crippen molar-refractivity contribution in [1.29, 1.82) is 0 Å². The van der Waals surface area contributed by atoms with Gasteiger partial charge in [-0.2, -0.15) is 11.3 Å². The first-order valence-electron chi connectivity index (χ1n) is 3.82. The summed E-state index contributed by atoms with van der Waals surface area (Å²) in [7, 11) is 0. The van der Waals surface area contributed by atoms with Crippen LogP contribution in [0.2, 0.25) is 0 Å². The molecule has 0 aromatic carbocycles. The molecule has 0 fully saturated rings. The van der Waals surface area contributed by atoms with E-state index in [0.717, 1.165) is 19.4 Å². The lowest BCUT2D eigenvalue weighted by Gasteiger charge is -2.06. The molecular formula is C9H6Br2OS2. The Morgan fingerprint density at radius 2 is 2.00 bits per heavy atom. The highest BCUT2D eigenvalue weighted by Crippen LogP contribution is 2.34. The lowest BCUT2D eigenvalue weighted by atomic mass is 10.1. The summed E-state index contributed by atoms with van der Waals surface area (Å²) >= 11 is 9.96. The van der Waals surface area contributed by atoms with E-state index in [1.807, 2.05) is 22.2 Å². The molecule has 14 heavy (non-hydrogen) atoms. The minimum atomic E-state index is -0.529. The number of hydrogen-bond acceptors (Lipinski definition) is 3. The lowest BCUT2D eigenvalue weighted by molar-refractivity contribution is 0.220. The Morgan fingerprint density at radius 3 is 2.50 bits per heavy atom. The molecule has 0 amide bonds. The minimum absolute atomic E-state index is 0.529. The van der Waals surface area contributed by atoms with Crippen LogP contribution in [0.5, 0.6) is 0 Å². The van der Waals surface area contributed by atoms with Crippen LogP contribution in [0.3, 0.4) is 0 Å². The summed E-state index contributed by atoms with van der Waals surface area (Å²) in [5.41, 5.74) is 1.86. The molecule has 2 rings (SSSR count). The van der Waals surface area contributed by atoms with E-state index in [0.29, 0.717) is 0 Å². The van der Waals surface area contributed by atoms with Gasteiger partial charge in [0.15, 0.2) is 0 Å². The van der Waals surface area contributed by atoms with Crippen LogP contribution in [-0.4, -0.2) is 5.11 Å². The summed E-state index contributed by atoms with van der Waals surface area (Å²) < 4.78 is 2.01. The molecule has 0 saturated heterocycles. The van der Waals surface area contributed by atoms with Gasteiger partial charge in [-0.3, -0.25) is 0 Å². The Bertz CT molecular complexity index is 435. The third-order valence-corrected chi connectivity index (χ3v) is 5.11. The zero-order valence-corrected chi connectivity index (χ0v) is 11.7. The normalized spacial score (nSPS) is 13.1. The predicted molar refractivity (Wildman–Crippen MR) is 68.1 cm³/mol. The number of thiophene rings is 2. The van der Waals surface area contributed by atoms with Gasteiger partial charge in [0.1, 0.15) is 6.10 Å². The molecule has 0 saturated carbocycles. The predicted octanol–water partition coefficient (Wildman–Crippen LogP) is 4.42. The van der Waals surface area contributed by atoms with Crippen LogP contribution in [0, 0.1) is 0 Å². The Kier molecular flexibility index (Phi) is 3.44. The van der Waals surface area contributed by atoms with Crippen molar-refractivity contribution in [2.45, 2.75) is 6.10 Å². The number of rotatable bonds is 2. The summed E-state index contributed by atoms with van der Waals surface area (Å²) in [6, 6.07) is 1.94. The van der Waals surface area contributed by atoms with Gasteiger partial charge in [-0.25, -0.2) is 0 Å². The minimum Gasteiger partial charge on any atom is -0.384 e. The maximum atomic E-state index is 10.0. The van der Waals surface area contributed by atoms with Crippen molar-refractivity contribution in [3.8, 4) is 0 Å². The van der Waals surface area contributed by atoms with Gasteiger partial charge >= 0.3 is 0 Å². The van der Waals surface area contributed by atoms with Crippen LogP contribution in [0.4, 0.5) is 0 Å². The highest BCUT2D eigenvalue weighted by atomic mass is 79.9. The van der Waals surface area contributed by atoms with E-state index in [4.69, 9.17) is 0 Å². The lowest BCUT2D eigenvalue weighted by Crippen LogP contribution is -1.96. The summed E-state index contributed by atoms with van der Waals surface area (Å²) in [6.45, 7) is 0. The van der Waals surface area contributed by atoms with Crippen LogP contribution in [0.25, 0.3) is 0 Å². The fourth-order valence-electron chi connectivity index (χ4n) is 1.13. The first-order valence-corrected chi connectivity index (χ1v) is 7.23. The van der Waals surface area contributed by atoms with Gasteiger partial charge in [-0.1, -0.05) is 0 Å². The molecule has 2 aromatic rings. The van der Waals surface area contributed by atoms with E-state index in [9.17, 15) is 5.11 Å². The molecule has 1 nitrogen and oxygen atoms in total. The average molecular weight is 354 g/mol. The molecule has 0 aliphatic heterocycles. The Labute approximate surface area is 107 Å². The molecule has 0 radical (unpaired) electrons. The van der Waals surface area contributed by atoms with Crippen LogP contribution in [-0.2, 0) is 0 Å². The number of aliphatic hydroxyl groups excluding tert-OH is 1. The maximum Gasteiger partial charge on any atom is 0.107 e. The van der Waals surface area contributed by atoms with Crippen molar-refractivity contribution in [3.63, 3.8) is 0 Å². The third-order valence-electron chi connectivity index (χ3n) is 1.84. The maximum absolute atomic E-state index is 10.0. The SMILES string of the molecule is OC(c1csc(Br)c1)c1cscc1Br. The van der Waals surface area contributed by atoms with Crippen molar-refractivity contribution < 1.29 is 5.11 Å². The molecule has 0 spiro atoms. The van der Waals surface area contributed by atoms with Gasteiger partial charge in [0.25, 0.3) is 0 Å². The first-order chi connectivity index (χ1) is 6.68. The van der Waals surface area contributed by atoms with E-state index in [1.54, 1.807) is 22.7 Å². The van der Waals surface area contributed by atoms with Crippen molar-refractivity contribution in [3.05, 3.63) is 41.6 Å². The topological polar surface area (TPSA) is 20.2 Å². The summed E-state index contributed by atoms with van der Waals surface area (Å²) in [6.07, 6.45) is -0.529. The van der Waals surface area contributed by atoms with E-state index >= 15 is 0 Å². The molecule has 2 aromatic heterocycles. The van der Waals surface area contributed by atoms with Crippen LogP contribution in [0.15, 0.2) is 30.5 Å². The summed E-state index contributed by atoms with van der Waals surface area (Å²) in [4.78, 5) is 0. The quantitative estimate of drug-likeness (QED) is 0.847.